The van der Waals surface area contributed by atoms with E-state index in [4.69, 9.17) is 11.6 Å². The first kappa shape index (κ1) is 22.5. The molecule has 0 spiro atoms. The van der Waals surface area contributed by atoms with Gasteiger partial charge in [-0.2, -0.15) is 13.2 Å². The quantitative estimate of drug-likeness (QED) is 0.611. The minimum absolute atomic E-state index is 0.192. The highest BCUT2D eigenvalue weighted by atomic mass is 35.5. The van der Waals surface area contributed by atoms with E-state index in [9.17, 15) is 26.4 Å². The molecule has 2 N–H and O–H groups in total. The third-order valence-electron chi connectivity index (χ3n) is 3.55. The fourth-order valence-corrected chi connectivity index (χ4v) is 3.94. The van der Waals surface area contributed by atoms with Crippen molar-refractivity contribution in [3.63, 3.8) is 0 Å². The maximum absolute atomic E-state index is 12.9. The summed E-state index contributed by atoms with van der Waals surface area (Å²) in [6.45, 7) is -0.277. The van der Waals surface area contributed by atoms with Crippen molar-refractivity contribution in [3.8, 4) is 0 Å². The van der Waals surface area contributed by atoms with Crippen LogP contribution in [0.4, 0.5) is 18.9 Å². The lowest BCUT2D eigenvalue weighted by atomic mass is 10.2. The number of hydrogen-bond donors (Lipinski definition) is 2. The Morgan fingerprint density at radius 1 is 1.18 bits per heavy atom. The number of hydrogen-bond acceptors (Lipinski definition) is 4. The number of nitrogens with one attached hydrogen (secondary N) is 2. The Kier molecular flexibility index (Phi) is 7.38. The fourth-order valence-electron chi connectivity index (χ4n) is 2.20. The van der Waals surface area contributed by atoms with Crippen LogP contribution < -0.4 is 10.0 Å². The smallest absolute Gasteiger partial charge is 0.326 e. The van der Waals surface area contributed by atoms with Gasteiger partial charge in [0.2, 0.25) is 15.9 Å². The summed E-state index contributed by atoms with van der Waals surface area (Å²) < 4.78 is 65.1. The van der Waals surface area contributed by atoms with E-state index >= 15 is 0 Å². The van der Waals surface area contributed by atoms with Crippen molar-refractivity contribution in [3.05, 3.63) is 53.1 Å². The summed E-state index contributed by atoms with van der Waals surface area (Å²) in [5.41, 5.74) is -0.685. The number of alkyl halides is 3. The van der Waals surface area contributed by atoms with Crippen LogP contribution in [0, 0.1) is 0 Å². The molecule has 0 atom stereocenters. The molecule has 0 aromatic heterocycles. The Bertz CT molecular complexity index is 966. The summed E-state index contributed by atoms with van der Waals surface area (Å²) in [5.74, 6) is -0.437. The third kappa shape index (κ3) is 6.13. The van der Waals surface area contributed by atoms with E-state index in [-0.39, 0.29) is 13.0 Å². The summed E-state index contributed by atoms with van der Waals surface area (Å²) in [4.78, 5) is 12.3. The Morgan fingerprint density at radius 2 is 1.89 bits per heavy atom. The molecule has 0 radical (unpaired) electrons. The Morgan fingerprint density at radius 3 is 2.54 bits per heavy atom. The second-order valence-corrected chi connectivity index (χ2v) is 8.62. The first-order valence-electron chi connectivity index (χ1n) is 7.83. The number of benzene rings is 2. The van der Waals surface area contributed by atoms with Gasteiger partial charge in [0, 0.05) is 23.5 Å². The molecule has 0 bridgehead atoms. The van der Waals surface area contributed by atoms with E-state index in [1.807, 2.05) is 12.3 Å². The van der Waals surface area contributed by atoms with Gasteiger partial charge in [0.05, 0.1) is 15.5 Å². The lowest BCUT2D eigenvalue weighted by Crippen LogP contribution is -2.28. The van der Waals surface area contributed by atoms with Crippen LogP contribution in [0.15, 0.2) is 52.3 Å². The highest BCUT2D eigenvalue weighted by Gasteiger charge is 2.34. The minimum atomic E-state index is -4.78. The summed E-state index contributed by atoms with van der Waals surface area (Å²) in [6, 6.07) is 9.38. The van der Waals surface area contributed by atoms with Crippen molar-refractivity contribution in [1.82, 2.24) is 4.72 Å². The summed E-state index contributed by atoms with van der Waals surface area (Å²) in [7, 11) is -4.23. The number of carbonyl (C=O) groups is 1. The van der Waals surface area contributed by atoms with Crippen molar-refractivity contribution >= 4 is 45.0 Å². The predicted octanol–water partition coefficient (Wildman–Crippen LogP) is 4.39. The van der Waals surface area contributed by atoms with Gasteiger partial charge in [-0.3, -0.25) is 4.79 Å². The van der Waals surface area contributed by atoms with Gasteiger partial charge in [-0.15, -0.1) is 11.8 Å². The first-order chi connectivity index (χ1) is 13.0. The van der Waals surface area contributed by atoms with Gasteiger partial charge in [-0.05, 0) is 42.7 Å². The molecule has 2 rings (SSSR count). The van der Waals surface area contributed by atoms with Crippen molar-refractivity contribution < 1.29 is 26.4 Å². The largest absolute Gasteiger partial charge is 0.417 e. The van der Waals surface area contributed by atoms with E-state index in [2.05, 4.69) is 10.0 Å². The number of halogens is 4. The lowest BCUT2D eigenvalue weighted by Gasteiger charge is -2.12. The van der Waals surface area contributed by atoms with E-state index in [0.717, 1.165) is 17.0 Å². The van der Waals surface area contributed by atoms with Crippen LogP contribution in [0.3, 0.4) is 0 Å². The van der Waals surface area contributed by atoms with E-state index < -0.39 is 37.6 Å². The summed E-state index contributed by atoms with van der Waals surface area (Å²) in [6.07, 6.45) is -3.09. The molecule has 0 saturated heterocycles. The van der Waals surface area contributed by atoms with Crippen LogP contribution >= 0.6 is 23.4 Å². The zero-order chi connectivity index (χ0) is 20.9. The average Bonchev–Trinajstić information content (AvgIpc) is 2.60. The third-order valence-corrected chi connectivity index (χ3v) is 6.06. The average molecular weight is 453 g/mol. The van der Waals surface area contributed by atoms with Crippen LogP contribution in [-0.4, -0.2) is 27.1 Å². The number of thioether (sulfide) groups is 1. The minimum Gasteiger partial charge on any atom is -0.326 e. The molecular formula is C17H16ClF3N2O3S2. The van der Waals surface area contributed by atoms with Crippen LogP contribution in [-0.2, 0) is 21.0 Å². The topological polar surface area (TPSA) is 75.3 Å². The molecule has 152 valence electrons. The molecule has 0 fully saturated rings. The summed E-state index contributed by atoms with van der Waals surface area (Å²) in [5, 5.41) is 2.03. The number of sulfonamides is 1. The summed E-state index contributed by atoms with van der Waals surface area (Å²) >= 11 is 6.99. The van der Waals surface area contributed by atoms with Crippen molar-refractivity contribution in [1.29, 1.82) is 0 Å². The SMILES string of the molecule is CSc1cccc(NC(=O)CCNS(=O)(=O)c2ccc(Cl)c(C(F)(F)F)c2)c1. The number of amides is 1. The van der Waals surface area contributed by atoms with Gasteiger partial charge in [-0.1, -0.05) is 17.7 Å². The van der Waals surface area contributed by atoms with Gasteiger partial charge in [-0.25, -0.2) is 13.1 Å². The van der Waals surface area contributed by atoms with Crippen LogP contribution in [0.2, 0.25) is 5.02 Å². The number of rotatable bonds is 7. The second-order valence-electron chi connectivity index (χ2n) is 5.57. The Hall–Kier alpha value is -1.75. The van der Waals surface area contributed by atoms with Gasteiger partial charge < -0.3 is 5.32 Å². The molecule has 0 unspecified atom stereocenters. The zero-order valence-corrected chi connectivity index (χ0v) is 16.9. The normalized spacial score (nSPS) is 12.0. The molecule has 1 amide bonds. The van der Waals surface area contributed by atoms with Crippen LogP contribution in [0.5, 0.6) is 0 Å². The zero-order valence-electron chi connectivity index (χ0n) is 14.5. The molecule has 0 heterocycles. The maximum Gasteiger partial charge on any atom is 0.417 e. The molecule has 2 aromatic carbocycles. The van der Waals surface area contributed by atoms with E-state index in [0.29, 0.717) is 11.8 Å². The first-order valence-corrected chi connectivity index (χ1v) is 10.9. The van der Waals surface area contributed by atoms with Gasteiger partial charge >= 0.3 is 6.18 Å². The number of anilines is 1. The van der Waals surface area contributed by atoms with Crippen molar-refractivity contribution in [2.45, 2.75) is 22.4 Å². The van der Waals surface area contributed by atoms with Gasteiger partial charge in [0.25, 0.3) is 0 Å². The number of carbonyl (C=O) groups excluding carboxylic acids is 1. The predicted molar refractivity (Wildman–Crippen MR) is 103 cm³/mol. The van der Waals surface area contributed by atoms with Crippen molar-refractivity contribution in [2.75, 3.05) is 18.1 Å². The fraction of sp³-hybridized carbons (Fsp3) is 0.235. The van der Waals surface area contributed by atoms with Crippen LogP contribution in [0.25, 0.3) is 0 Å². The molecule has 2 aromatic rings. The Labute approximate surface area is 169 Å². The molecule has 11 heteroatoms. The molecule has 28 heavy (non-hydrogen) atoms. The van der Waals surface area contributed by atoms with E-state index in [1.165, 1.54) is 11.8 Å². The highest BCUT2D eigenvalue weighted by molar-refractivity contribution is 7.98. The van der Waals surface area contributed by atoms with Crippen molar-refractivity contribution in [2.24, 2.45) is 0 Å². The maximum atomic E-state index is 12.9. The molecular weight excluding hydrogens is 437 g/mol. The monoisotopic (exact) mass is 452 g/mol. The Balaban J connectivity index is 1.99. The lowest BCUT2D eigenvalue weighted by molar-refractivity contribution is -0.137. The van der Waals surface area contributed by atoms with E-state index in [1.54, 1.807) is 18.2 Å². The highest BCUT2D eigenvalue weighted by Crippen LogP contribution is 2.35. The van der Waals surface area contributed by atoms with Gasteiger partial charge in [0.15, 0.2) is 0 Å². The standard InChI is InChI=1S/C17H16ClF3N2O3S2/c1-27-12-4-2-3-11(9-12)23-16(24)7-8-22-28(25,26)13-5-6-15(18)14(10-13)17(19,20)21/h2-6,9-10,22H,7-8H2,1H3,(H,23,24). The molecule has 0 aliphatic rings. The molecule has 0 saturated carbocycles. The molecule has 5 nitrogen and oxygen atoms in total. The second kappa shape index (κ2) is 9.17. The molecule has 0 aliphatic carbocycles. The van der Waals surface area contributed by atoms with Crippen LogP contribution in [0.1, 0.15) is 12.0 Å². The van der Waals surface area contributed by atoms with Gasteiger partial charge in [0.1, 0.15) is 0 Å². The molecule has 0 aliphatic heterocycles.